The van der Waals surface area contributed by atoms with Crippen LogP contribution in [0.25, 0.3) is 0 Å². The number of nitrogens with one attached hydrogen (secondary N) is 1. The van der Waals surface area contributed by atoms with Crippen LogP contribution in [0.4, 0.5) is 0 Å². The number of thiazole rings is 1. The van der Waals surface area contributed by atoms with E-state index in [2.05, 4.69) is 34.4 Å². The zero-order valence-corrected chi connectivity index (χ0v) is 13.3. The first kappa shape index (κ1) is 16.6. The third kappa shape index (κ3) is 7.01. The van der Waals surface area contributed by atoms with Crippen molar-refractivity contribution in [3.05, 3.63) is 16.1 Å². The Kier molecular flexibility index (Phi) is 8.99. The fourth-order valence-corrected chi connectivity index (χ4v) is 2.55. The molecule has 0 radical (unpaired) electrons. The summed E-state index contributed by atoms with van der Waals surface area (Å²) in [5.41, 5.74) is 1.18. The van der Waals surface area contributed by atoms with E-state index >= 15 is 0 Å². The van der Waals surface area contributed by atoms with Gasteiger partial charge < -0.3 is 10.1 Å². The van der Waals surface area contributed by atoms with Crippen LogP contribution in [0, 0.1) is 0 Å². The highest BCUT2D eigenvalue weighted by Crippen LogP contribution is 2.11. The van der Waals surface area contributed by atoms with Crippen molar-refractivity contribution in [1.29, 1.82) is 0 Å². The SMILES string of the molecule is CCCNCc1nc(CN(CC)CCOCC)cs1. The van der Waals surface area contributed by atoms with Crippen LogP contribution < -0.4 is 5.32 Å². The van der Waals surface area contributed by atoms with Crippen molar-refractivity contribution in [3.8, 4) is 0 Å². The molecule has 19 heavy (non-hydrogen) atoms. The van der Waals surface area contributed by atoms with E-state index in [0.29, 0.717) is 0 Å². The first-order valence-corrected chi connectivity index (χ1v) is 8.12. The van der Waals surface area contributed by atoms with Gasteiger partial charge in [-0.1, -0.05) is 13.8 Å². The Balaban J connectivity index is 2.33. The zero-order valence-electron chi connectivity index (χ0n) is 12.4. The number of rotatable bonds is 11. The van der Waals surface area contributed by atoms with Crippen LogP contribution in [-0.4, -0.2) is 42.7 Å². The fourth-order valence-electron chi connectivity index (χ4n) is 1.79. The first-order chi connectivity index (χ1) is 9.30. The lowest BCUT2D eigenvalue weighted by Crippen LogP contribution is -2.27. The monoisotopic (exact) mass is 285 g/mol. The average Bonchev–Trinajstić information content (AvgIpc) is 2.86. The molecular formula is C14H27N3OS. The molecule has 1 rings (SSSR count). The molecule has 0 aliphatic heterocycles. The normalized spacial score (nSPS) is 11.4. The Hall–Kier alpha value is -0.490. The summed E-state index contributed by atoms with van der Waals surface area (Å²) in [5, 5.41) is 6.75. The quantitative estimate of drug-likeness (QED) is 0.634. The topological polar surface area (TPSA) is 37.4 Å². The molecule has 0 saturated carbocycles. The van der Waals surface area contributed by atoms with Gasteiger partial charge in [0, 0.05) is 31.6 Å². The summed E-state index contributed by atoms with van der Waals surface area (Å²) in [6, 6.07) is 0. The van der Waals surface area contributed by atoms with Gasteiger partial charge in [0.2, 0.25) is 0 Å². The maximum absolute atomic E-state index is 5.40. The minimum absolute atomic E-state index is 0.793. The molecule has 1 N–H and O–H groups in total. The van der Waals surface area contributed by atoms with Crippen LogP contribution in [0.3, 0.4) is 0 Å². The second-order valence-corrected chi connectivity index (χ2v) is 5.42. The lowest BCUT2D eigenvalue weighted by atomic mass is 10.4. The number of aromatic nitrogens is 1. The van der Waals surface area contributed by atoms with E-state index in [-0.39, 0.29) is 0 Å². The van der Waals surface area contributed by atoms with Crippen molar-refractivity contribution < 1.29 is 4.74 Å². The summed E-state index contributed by atoms with van der Waals surface area (Å²) in [4.78, 5) is 7.04. The van der Waals surface area contributed by atoms with Crippen LogP contribution in [-0.2, 0) is 17.8 Å². The molecule has 0 amide bonds. The van der Waals surface area contributed by atoms with E-state index in [1.54, 1.807) is 11.3 Å². The van der Waals surface area contributed by atoms with Crippen molar-refractivity contribution >= 4 is 11.3 Å². The maximum atomic E-state index is 5.40. The summed E-state index contributed by atoms with van der Waals surface area (Å²) in [5.74, 6) is 0. The van der Waals surface area contributed by atoms with E-state index in [0.717, 1.165) is 45.9 Å². The second kappa shape index (κ2) is 10.3. The number of ether oxygens (including phenoxy) is 1. The highest BCUT2D eigenvalue weighted by atomic mass is 32.1. The Morgan fingerprint density at radius 2 is 2.21 bits per heavy atom. The van der Waals surface area contributed by atoms with Crippen molar-refractivity contribution in [2.75, 3.05) is 32.8 Å². The van der Waals surface area contributed by atoms with Crippen LogP contribution in [0.1, 0.15) is 37.9 Å². The minimum atomic E-state index is 0.793. The van der Waals surface area contributed by atoms with Crippen LogP contribution in [0.5, 0.6) is 0 Å². The minimum Gasteiger partial charge on any atom is -0.380 e. The largest absolute Gasteiger partial charge is 0.380 e. The lowest BCUT2D eigenvalue weighted by Gasteiger charge is -2.18. The van der Waals surface area contributed by atoms with Crippen LogP contribution in [0.15, 0.2) is 5.38 Å². The van der Waals surface area contributed by atoms with Crippen molar-refractivity contribution in [2.45, 2.75) is 40.3 Å². The van der Waals surface area contributed by atoms with E-state index in [9.17, 15) is 0 Å². The van der Waals surface area contributed by atoms with Gasteiger partial charge in [-0.05, 0) is 26.4 Å². The Morgan fingerprint density at radius 3 is 2.89 bits per heavy atom. The standard InChI is InChI=1S/C14H27N3OS/c1-4-7-15-10-14-16-13(12-19-14)11-17(5-2)8-9-18-6-3/h12,15H,4-11H2,1-3H3. The number of nitrogens with zero attached hydrogens (tertiary/aromatic N) is 2. The highest BCUT2D eigenvalue weighted by Gasteiger charge is 2.07. The molecule has 0 spiro atoms. The van der Waals surface area contributed by atoms with Gasteiger partial charge in [0.25, 0.3) is 0 Å². The molecule has 110 valence electrons. The molecule has 0 unspecified atom stereocenters. The smallest absolute Gasteiger partial charge is 0.107 e. The summed E-state index contributed by atoms with van der Waals surface area (Å²) in [6.07, 6.45) is 1.17. The van der Waals surface area contributed by atoms with E-state index in [4.69, 9.17) is 4.74 Å². The Labute approximate surface area is 121 Å². The van der Waals surface area contributed by atoms with Crippen molar-refractivity contribution in [3.63, 3.8) is 0 Å². The third-order valence-corrected chi connectivity index (χ3v) is 3.79. The molecule has 0 saturated heterocycles. The molecule has 1 heterocycles. The molecule has 0 aliphatic rings. The molecule has 0 bridgehead atoms. The maximum Gasteiger partial charge on any atom is 0.107 e. The third-order valence-electron chi connectivity index (χ3n) is 2.89. The average molecular weight is 285 g/mol. The molecule has 0 aromatic carbocycles. The highest BCUT2D eigenvalue weighted by molar-refractivity contribution is 7.09. The Morgan fingerprint density at radius 1 is 1.37 bits per heavy atom. The number of likely N-dealkylation sites (N-methyl/N-ethyl adjacent to an activating group) is 1. The summed E-state index contributed by atoms with van der Waals surface area (Å²) < 4.78 is 5.40. The fraction of sp³-hybridized carbons (Fsp3) is 0.786. The molecule has 5 heteroatoms. The summed E-state index contributed by atoms with van der Waals surface area (Å²) >= 11 is 1.75. The molecule has 0 fully saturated rings. The molecule has 1 aromatic rings. The van der Waals surface area contributed by atoms with E-state index in [1.165, 1.54) is 17.1 Å². The molecule has 0 atom stereocenters. The van der Waals surface area contributed by atoms with Gasteiger partial charge in [0.15, 0.2) is 0 Å². The van der Waals surface area contributed by atoms with Gasteiger partial charge in [-0.15, -0.1) is 11.3 Å². The predicted octanol–water partition coefficient (Wildman–Crippen LogP) is 2.50. The predicted molar refractivity (Wildman–Crippen MR) is 81.6 cm³/mol. The number of hydrogen-bond donors (Lipinski definition) is 1. The zero-order chi connectivity index (χ0) is 13.9. The van der Waals surface area contributed by atoms with Crippen molar-refractivity contribution in [2.24, 2.45) is 0 Å². The molecular weight excluding hydrogens is 258 g/mol. The van der Waals surface area contributed by atoms with Gasteiger partial charge in [-0.2, -0.15) is 0 Å². The van der Waals surface area contributed by atoms with Gasteiger partial charge in [-0.25, -0.2) is 4.98 Å². The van der Waals surface area contributed by atoms with Gasteiger partial charge >= 0.3 is 0 Å². The summed E-state index contributed by atoms with van der Waals surface area (Å²) in [7, 11) is 0. The molecule has 4 nitrogen and oxygen atoms in total. The van der Waals surface area contributed by atoms with E-state index < -0.39 is 0 Å². The van der Waals surface area contributed by atoms with Gasteiger partial charge in [0.1, 0.15) is 5.01 Å². The van der Waals surface area contributed by atoms with Crippen LogP contribution >= 0.6 is 11.3 Å². The summed E-state index contributed by atoms with van der Waals surface area (Å²) in [6.45, 7) is 12.9. The van der Waals surface area contributed by atoms with Gasteiger partial charge in [-0.3, -0.25) is 4.90 Å². The van der Waals surface area contributed by atoms with Gasteiger partial charge in [0.05, 0.1) is 12.3 Å². The van der Waals surface area contributed by atoms with Crippen LogP contribution in [0.2, 0.25) is 0 Å². The molecule has 1 aromatic heterocycles. The number of hydrogen-bond acceptors (Lipinski definition) is 5. The first-order valence-electron chi connectivity index (χ1n) is 7.24. The van der Waals surface area contributed by atoms with E-state index in [1.807, 2.05) is 6.92 Å². The van der Waals surface area contributed by atoms with Crippen molar-refractivity contribution in [1.82, 2.24) is 15.2 Å². The molecule has 0 aliphatic carbocycles. The Bertz CT molecular complexity index is 330. The lowest BCUT2D eigenvalue weighted by molar-refractivity contribution is 0.112. The second-order valence-electron chi connectivity index (χ2n) is 4.48.